The van der Waals surface area contributed by atoms with Crippen molar-refractivity contribution in [2.24, 2.45) is 0 Å². The van der Waals surface area contributed by atoms with E-state index in [4.69, 9.17) is 4.74 Å². The molecule has 0 unspecified atom stereocenters. The maximum absolute atomic E-state index is 5.51. The summed E-state index contributed by atoms with van der Waals surface area (Å²) in [7, 11) is 0. The predicted octanol–water partition coefficient (Wildman–Crippen LogP) is 4.65. The van der Waals surface area contributed by atoms with Gasteiger partial charge in [-0.1, -0.05) is 42.5 Å². The molecule has 24 heavy (non-hydrogen) atoms. The fourth-order valence-electron chi connectivity index (χ4n) is 3.82. The summed E-state index contributed by atoms with van der Waals surface area (Å²) in [6, 6.07) is 17.7. The van der Waals surface area contributed by atoms with E-state index in [1.165, 1.54) is 33.3 Å². The van der Waals surface area contributed by atoms with Gasteiger partial charge < -0.3 is 10.2 Å². The highest BCUT2D eigenvalue weighted by atomic mass is 16.5. The molecule has 1 N–H and O–H groups in total. The van der Waals surface area contributed by atoms with Crippen LogP contribution in [0.25, 0.3) is 22.2 Å². The van der Waals surface area contributed by atoms with E-state index < -0.39 is 0 Å². The second-order valence-electron chi connectivity index (χ2n) is 6.66. The Morgan fingerprint density at radius 2 is 1.71 bits per heavy atom. The van der Waals surface area contributed by atoms with Gasteiger partial charge in [0.25, 0.3) is 0 Å². The fourth-order valence-corrected chi connectivity index (χ4v) is 3.82. The Bertz CT molecular complexity index is 845. The van der Waals surface area contributed by atoms with Gasteiger partial charge in [-0.3, -0.25) is 4.68 Å². The van der Waals surface area contributed by atoms with E-state index >= 15 is 0 Å². The normalized spacial score (nSPS) is 15.8. The molecule has 3 aromatic rings. The van der Waals surface area contributed by atoms with E-state index in [2.05, 4.69) is 72.5 Å². The Hall–Kier alpha value is -2.26. The van der Waals surface area contributed by atoms with Crippen LogP contribution in [0.5, 0.6) is 0 Å². The molecule has 124 valence electrons. The topological polar surface area (TPSA) is 26.2 Å². The van der Waals surface area contributed by atoms with Gasteiger partial charge >= 0.3 is 0 Å². The summed E-state index contributed by atoms with van der Waals surface area (Å²) in [5, 5.41) is 1.36. The van der Waals surface area contributed by atoms with Gasteiger partial charge in [0.05, 0.1) is 11.2 Å². The van der Waals surface area contributed by atoms with Crippen LogP contribution in [0, 0.1) is 13.8 Å². The van der Waals surface area contributed by atoms with E-state index in [1.807, 2.05) is 0 Å². The van der Waals surface area contributed by atoms with Crippen molar-refractivity contribution in [3.8, 4) is 11.3 Å². The SMILES string of the molecule is Cc1cccc2c1c(C)c(-c1ccccc1)n2NC1CCOCC1. The van der Waals surface area contributed by atoms with E-state index in [-0.39, 0.29) is 0 Å². The zero-order valence-corrected chi connectivity index (χ0v) is 14.4. The zero-order chi connectivity index (χ0) is 16.5. The number of aromatic nitrogens is 1. The van der Waals surface area contributed by atoms with Gasteiger partial charge in [-0.2, -0.15) is 0 Å². The van der Waals surface area contributed by atoms with Crippen molar-refractivity contribution in [2.75, 3.05) is 18.6 Å². The van der Waals surface area contributed by atoms with Crippen LogP contribution in [0.2, 0.25) is 0 Å². The Labute approximate surface area is 143 Å². The largest absolute Gasteiger partial charge is 0.381 e. The zero-order valence-electron chi connectivity index (χ0n) is 14.4. The first-order chi connectivity index (χ1) is 11.8. The molecule has 0 atom stereocenters. The third-order valence-electron chi connectivity index (χ3n) is 5.03. The summed E-state index contributed by atoms with van der Waals surface area (Å²) >= 11 is 0. The molecule has 0 spiro atoms. The summed E-state index contributed by atoms with van der Waals surface area (Å²) < 4.78 is 7.82. The molecule has 3 heteroatoms. The van der Waals surface area contributed by atoms with E-state index in [0.29, 0.717) is 6.04 Å². The van der Waals surface area contributed by atoms with Gasteiger partial charge in [-0.25, -0.2) is 0 Å². The van der Waals surface area contributed by atoms with Crippen molar-refractivity contribution >= 4 is 10.9 Å². The average molecular weight is 320 g/mol. The van der Waals surface area contributed by atoms with Crippen molar-refractivity contribution in [2.45, 2.75) is 32.7 Å². The highest BCUT2D eigenvalue weighted by Gasteiger charge is 2.20. The molecule has 2 heterocycles. The molecule has 2 aromatic carbocycles. The van der Waals surface area contributed by atoms with Gasteiger partial charge in [0.15, 0.2) is 0 Å². The van der Waals surface area contributed by atoms with Gasteiger partial charge in [-0.05, 0) is 43.9 Å². The second-order valence-corrected chi connectivity index (χ2v) is 6.66. The first-order valence-electron chi connectivity index (χ1n) is 8.76. The average Bonchev–Trinajstić information content (AvgIpc) is 2.90. The number of aryl methyl sites for hydroxylation is 2. The lowest BCUT2D eigenvalue weighted by Gasteiger charge is -2.26. The third-order valence-corrected chi connectivity index (χ3v) is 5.03. The summed E-state index contributed by atoms with van der Waals surface area (Å²) in [4.78, 5) is 0. The van der Waals surface area contributed by atoms with Crippen LogP contribution < -0.4 is 5.43 Å². The van der Waals surface area contributed by atoms with Gasteiger partial charge in [-0.15, -0.1) is 0 Å². The van der Waals surface area contributed by atoms with Gasteiger partial charge in [0.2, 0.25) is 0 Å². The van der Waals surface area contributed by atoms with Crippen molar-refractivity contribution in [3.63, 3.8) is 0 Å². The number of nitrogens with one attached hydrogen (secondary N) is 1. The Kier molecular flexibility index (Phi) is 4.03. The molecule has 1 aliphatic rings. The molecule has 4 rings (SSSR count). The van der Waals surface area contributed by atoms with Crippen LogP contribution in [-0.4, -0.2) is 23.9 Å². The van der Waals surface area contributed by atoms with Crippen LogP contribution in [0.15, 0.2) is 48.5 Å². The number of nitrogens with zero attached hydrogens (tertiary/aromatic N) is 1. The minimum Gasteiger partial charge on any atom is -0.381 e. The minimum absolute atomic E-state index is 0.455. The third kappa shape index (κ3) is 2.59. The van der Waals surface area contributed by atoms with Crippen LogP contribution in [0.1, 0.15) is 24.0 Å². The minimum atomic E-state index is 0.455. The van der Waals surface area contributed by atoms with Crippen molar-refractivity contribution in [1.29, 1.82) is 0 Å². The van der Waals surface area contributed by atoms with Crippen molar-refractivity contribution in [1.82, 2.24) is 4.68 Å². The number of fused-ring (bicyclic) bond motifs is 1. The number of benzene rings is 2. The van der Waals surface area contributed by atoms with E-state index in [9.17, 15) is 0 Å². The highest BCUT2D eigenvalue weighted by molar-refractivity contribution is 5.94. The number of ether oxygens (including phenoxy) is 1. The lowest BCUT2D eigenvalue weighted by atomic mass is 10.0. The van der Waals surface area contributed by atoms with Gasteiger partial charge in [0, 0.05) is 30.2 Å². The number of hydrogen-bond donors (Lipinski definition) is 1. The molecule has 0 aliphatic carbocycles. The molecular weight excluding hydrogens is 296 g/mol. The molecule has 1 aromatic heterocycles. The van der Waals surface area contributed by atoms with Crippen LogP contribution >= 0.6 is 0 Å². The Morgan fingerprint density at radius 1 is 0.958 bits per heavy atom. The first-order valence-corrected chi connectivity index (χ1v) is 8.76. The summed E-state index contributed by atoms with van der Waals surface area (Å²) in [6.45, 7) is 6.12. The van der Waals surface area contributed by atoms with E-state index in [1.54, 1.807) is 0 Å². The van der Waals surface area contributed by atoms with Crippen molar-refractivity contribution < 1.29 is 4.74 Å². The maximum Gasteiger partial charge on any atom is 0.0735 e. The van der Waals surface area contributed by atoms with E-state index in [0.717, 1.165) is 26.1 Å². The molecule has 0 amide bonds. The maximum atomic E-state index is 5.51. The number of hydrogen-bond acceptors (Lipinski definition) is 2. The fraction of sp³-hybridized carbons (Fsp3) is 0.333. The first kappa shape index (κ1) is 15.3. The van der Waals surface area contributed by atoms with Crippen LogP contribution in [0.3, 0.4) is 0 Å². The number of rotatable bonds is 3. The summed E-state index contributed by atoms with van der Waals surface area (Å²) in [5.41, 5.74) is 10.2. The molecule has 0 radical (unpaired) electrons. The van der Waals surface area contributed by atoms with Crippen LogP contribution in [-0.2, 0) is 4.74 Å². The van der Waals surface area contributed by atoms with Gasteiger partial charge in [0.1, 0.15) is 0 Å². The molecule has 0 bridgehead atoms. The lowest BCUT2D eigenvalue weighted by molar-refractivity contribution is 0.0882. The van der Waals surface area contributed by atoms with Crippen LogP contribution in [0.4, 0.5) is 0 Å². The molecular formula is C21H24N2O. The molecule has 1 fully saturated rings. The summed E-state index contributed by atoms with van der Waals surface area (Å²) in [6.07, 6.45) is 2.11. The molecule has 1 aliphatic heterocycles. The van der Waals surface area contributed by atoms with Crippen molar-refractivity contribution in [3.05, 3.63) is 59.7 Å². The highest BCUT2D eigenvalue weighted by Crippen LogP contribution is 2.34. The smallest absolute Gasteiger partial charge is 0.0735 e. The summed E-state index contributed by atoms with van der Waals surface area (Å²) in [5.74, 6) is 0. The standard InChI is InChI=1S/C21H24N2O/c1-15-7-6-10-19-20(15)16(2)21(17-8-4-3-5-9-17)23(19)22-18-11-13-24-14-12-18/h3-10,18,22H,11-14H2,1-2H3. The quantitative estimate of drug-likeness (QED) is 0.760. The molecule has 0 saturated carbocycles. The predicted molar refractivity (Wildman–Crippen MR) is 100 cm³/mol. The Morgan fingerprint density at radius 3 is 2.46 bits per heavy atom. The lowest BCUT2D eigenvalue weighted by Crippen LogP contribution is -2.33. The molecule has 3 nitrogen and oxygen atoms in total. The Balaban J connectivity index is 1.90. The second kappa shape index (κ2) is 6.33. The molecule has 1 saturated heterocycles. The monoisotopic (exact) mass is 320 g/mol.